The minimum Gasteiger partial charge on any atom is -0.169 e. The lowest BCUT2D eigenvalue weighted by Gasteiger charge is -2.30. The van der Waals surface area contributed by atoms with E-state index in [-0.39, 0.29) is 0 Å². The molecule has 0 aliphatic carbocycles. The first-order valence-corrected chi connectivity index (χ1v) is 4.74. The van der Waals surface area contributed by atoms with E-state index in [4.69, 9.17) is 0 Å². The van der Waals surface area contributed by atoms with Crippen molar-refractivity contribution < 1.29 is 52.7 Å². The van der Waals surface area contributed by atoms with Crippen LogP contribution in [0.1, 0.15) is 0 Å². The molecular formula is C6F12S. The number of alkyl halides is 12. The third-order valence-electron chi connectivity index (χ3n) is 2.36. The van der Waals surface area contributed by atoms with Crippen LogP contribution >= 0.6 is 11.8 Å². The Morgan fingerprint density at radius 2 is 0.579 bits per heavy atom. The van der Waals surface area contributed by atoms with E-state index in [9.17, 15) is 52.7 Å². The smallest absolute Gasteiger partial charge is 0.169 e. The lowest BCUT2D eigenvalue weighted by Crippen LogP contribution is -2.61. The van der Waals surface area contributed by atoms with E-state index >= 15 is 0 Å². The minimum absolute atomic E-state index is 2.24. The second-order valence-corrected chi connectivity index (χ2v) is 4.88. The van der Waals surface area contributed by atoms with Crippen LogP contribution in [0.5, 0.6) is 0 Å². The van der Waals surface area contributed by atoms with Gasteiger partial charge in [-0.3, -0.25) is 0 Å². The second-order valence-electron chi connectivity index (χ2n) is 3.46. The van der Waals surface area contributed by atoms with Crippen molar-refractivity contribution in [3.8, 4) is 0 Å². The summed E-state index contributed by atoms with van der Waals surface area (Å²) in [6.45, 7) is 0. The topological polar surface area (TPSA) is 0 Å². The second kappa shape index (κ2) is 3.58. The van der Waals surface area contributed by atoms with Gasteiger partial charge in [0.15, 0.2) is 0 Å². The molecule has 0 unspecified atom stereocenters. The summed E-state index contributed by atoms with van der Waals surface area (Å²) in [5.74, 6) is 0. The Morgan fingerprint density at radius 1 is 0.421 bits per heavy atom. The summed E-state index contributed by atoms with van der Waals surface area (Å²) < 4.78 is 135. The Labute approximate surface area is 99.7 Å². The first-order valence-electron chi connectivity index (χ1n) is 3.93. The molecule has 0 atom stereocenters. The van der Waals surface area contributed by atoms with Crippen molar-refractivity contribution in [1.29, 1.82) is 0 Å². The lowest BCUT2D eigenvalue weighted by atomic mass is 9.89. The zero-order chi connectivity index (χ0) is 15.7. The van der Waals surface area contributed by atoms with Crippen LogP contribution in [-0.2, 0) is 0 Å². The Hall–Kier alpha value is -0.490. The van der Waals surface area contributed by atoms with Crippen molar-refractivity contribution in [2.45, 2.75) is 34.2 Å². The van der Waals surface area contributed by atoms with E-state index in [1.54, 1.807) is 0 Å². The minimum atomic E-state index is -6.76. The molecule has 0 aromatic heterocycles. The molecule has 13 heteroatoms. The molecule has 0 saturated carbocycles. The molecule has 0 aromatic rings. The van der Waals surface area contributed by atoms with E-state index in [0.29, 0.717) is 0 Å². The van der Waals surface area contributed by atoms with Crippen molar-refractivity contribution >= 4 is 11.8 Å². The monoisotopic (exact) mass is 332 g/mol. The first-order chi connectivity index (χ1) is 7.96. The van der Waals surface area contributed by atoms with Gasteiger partial charge >= 0.3 is 24.7 Å². The average Bonchev–Trinajstić information content (AvgIpc) is 2.67. The van der Waals surface area contributed by atoms with Gasteiger partial charge in [0.1, 0.15) is 0 Å². The fraction of sp³-hybridized carbons (Fsp3) is 1.00. The largest absolute Gasteiger partial charge is 0.414 e. The maximum atomic E-state index is 12.2. The zero-order valence-electron chi connectivity index (χ0n) is 7.94. The van der Waals surface area contributed by atoms with Gasteiger partial charge in [0.25, 0.3) is 0 Å². The molecular weight excluding hydrogens is 332 g/mol. The fourth-order valence-corrected chi connectivity index (χ4v) is 2.89. The molecule has 0 nitrogen and oxygen atoms in total. The summed E-state index contributed by atoms with van der Waals surface area (Å²) in [4.78, 5) is 0. The Kier molecular flexibility index (Phi) is 3.12. The molecule has 19 heavy (non-hydrogen) atoms. The van der Waals surface area contributed by atoms with Gasteiger partial charge in [-0.05, 0) is 0 Å². The van der Waals surface area contributed by atoms with Gasteiger partial charge in [-0.25, -0.2) is 0 Å². The van der Waals surface area contributed by atoms with Crippen molar-refractivity contribution in [1.82, 2.24) is 0 Å². The molecule has 0 bridgehead atoms. The van der Waals surface area contributed by atoms with Gasteiger partial charge < -0.3 is 0 Å². The summed E-state index contributed by atoms with van der Waals surface area (Å²) in [5.41, 5.74) is 0. The van der Waals surface area contributed by atoms with E-state index < -0.39 is 46.0 Å². The quantitative estimate of drug-likeness (QED) is 0.466. The van der Waals surface area contributed by atoms with E-state index in [2.05, 4.69) is 0 Å². The van der Waals surface area contributed by atoms with Crippen molar-refractivity contribution in [3.05, 3.63) is 0 Å². The predicted molar refractivity (Wildman–Crippen MR) is 37.3 cm³/mol. The Balaban J connectivity index is 3.59. The summed E-state index contributed by atoms with van der Waals surface area (Å²) in [6, 6.07) is 0. The van der Waals surface area contributed by atoms with Crippen molar-refractivity contribution in [2.75, 3.05) is 0 Å². The summed E-state index contributed by atoms with van der Waals surface area (Å²) >= 11 is -2.24. The van der Waals surface area contributed by atoms with E-state index in [1.165, 1.54) is 0 Å². The molecule has 0 N–H and O–H groups in total. The summed E-state index contributed by atoms with van der Waals surface area (Å²) in [5, 5.41) is 0. The van der Waals surface area contributed by atoms with Crippen molar-refractivity contribution in [2.24, 2.45) is 0 Å². The van der Waals surface area contributed by atoms with Gasteiger partial charge in [0.05, 0.1) is 0 Å². The highest BCUT2D eigenvalue weighted by Crippen LogP contribution is 2.84. The van der Waals surface area contributed by atoms with Crippen LogP contribution in [-0.4, -0.2) is 34.2 Å². The van der Waals surface area contributed by atoms with Crippen LogP contribution in [0.3, 0.4) is 0 Å². The van der Waals surface area contributed by atoms with Gasteiger partial charge in [-0.2, -0.15) is 52.7 Å². The number of rotatable bonds is 0. The van der Waals surface area contributed by atoms with Gasteiger partial charge in [-0.1, -0.05) is 0 Å². The van der Waals surface area contributed by atoms with Crippen LogP contribution in [0.2, 0.25) is 0 Å². The molecule has 1 aliphatic rings. The number of hydrogen-bond acceptors (Lipinski definition) is 1. The molecule has 0 radical (unpaired) electrons. The third kappa shape index (κ3) is 1.79. The van der Waals surface area contributed by atoms with E-state index in [0.717, 1.165) is 0 Å². The van der Waals surface area contributed by atoms with Crippen LogP contribution in [0.25, 0.3) is 0 Å². The maximum Gasteiger partial charge on any atom is 0.414 e. The molecule has 1 fully saturated rings. The molecule has 0 spiro atoms. The third-order valence-corrected chi connectivity index (χ3v) is 4.30. The zero-order valence-corrected chi connectivity index (χ0v) is 8.76. The Morgan fingerprint density at radius 3 is 0.632 bits per heavy atom. The van der Waals surface area contributed by atoms with Crippen LogP contribution in [0, 0.1) is 0 Å². The van der Waals surface area contributed by atoms with Crippen molar-refractivity contribution in [3.63, 3.8) is 0 Å². The maximum absolute atomic E-state index is 12.2. The fourth-order valence-electron chi connectivity index (χ4n) is 1.56. The van der Waals surface area contributed by atoms with Crippen LogP contribution < -0.4 is 0 Å². The molecule has 0 amide bonds. The highest BCUT2D eigenvalue weighted by atomic mass is 32.2. The van der Waals surface area contributed by atoms with Crippen LogP contribution in [0.4, 0.5) is 52.7 Å². The summed E-state index contributed by atoms with van der Waals surface area (Å²) in [7, 11) is 0. The lowest BCUT2D eigenvalue weighted by molar-refractivity contribution is -0.327. The van der Waals surface area contributed by atoms with E-state index in [1.807, 2.05) is 0 Å². The predicted octanol–water partition coefficient (Wildman–Crippen LogP) is 4.46. The SMILES string of the molecule is FC(F)(F)C1(C(F)(F)F)SC1(C(F)(F)F)C(F)(F)F. The number of thioether (sulfide) groups is 1. The molecule has 1 saturated heterocycles. The van der Waals surface area contributed by atoms with Gasteiger partial charge in [-0.15, -0.1) is 11.8 Å². The number of hydrogen-bond donors (Lipinski definition) is 0. The first kappa shape index (κ1) is 16.6. The molecule has 1 heterocycles. The molecule has 1 rings (SSSR count). The average molecular weight is 332 g/mol. The van der Waals surface area contributed by atoms with Crippen LogP contribution in [0.15, 0.2) is 0 Å². The number of halogens is 12. The Bertz CT molecular complexity index is 302. The van der Waals surface area contributed by atoms with Gasteiger partial charge in [0, 0.05) is 0 Å². The molecule has 114 valence electrons. The highest BCUT2D eigenvalue weighted by Gasteiger charge is 3.06. The molecule has 1 aliphatic heterocycles. The standard InChI is InChI=1S/C6F12S/c7-3(8,9)1(4(10,11)12)2(19-1,5(13,14)15)6(16,17)18. The normalized spacial score (nSPS) is 23.4. The summed E-state index contributed by atoms with van der Waals surface area (Å²) in [6.07, 6.45) is -27.1. The molecule has 0 aromatic carbocycles. The van der Waals surface area contributed by atoms with Gasteiger partial charge in [0.2, 0.25) is 9.49 Å². The highest BCUT2D eigenvalue weighted by molar-refractivity contribution is 8.10.